The predicted octanol–water partition coefficient (Wildman–Crippen LogP) is 23.4. The van der Waals surface area contributed by atoms with Crippen LogP contribution in [-0.2, 0) is 28.6 Å². The number of rotatable bonds is 62. The van der Waals surface area contributed by atoms with Crippen LogP contribution in [0.2, 0.25) is 0 Å². The lowest BCUT2D eigenvalue weighted by atomic mass is 10.0. The van der Waals surface area contributed by atoms with E-state index in [2.05, 4.69) is 106 Å². The lowest BCUT2D eigenvalue weighted by Gasteiger charge is -2.18. The summed E-state index contributed by atoms with van der Waals surface area (Å²) in [6.45, 7) is 6.50. The molecule has 456 valence electrons. The lowest BCUT2D eigenvalue weighted by molar-refractivity contribution is -0.167. The Bertz CT molecular complexity index is 1500. The molecule has 0 saturated carbocycles. The van der Waals surface area contributed by atoms with Crippen LogP contribution < -0.4 is 0 Å². The van der Waals surface area contributed by atoms with E-state index in [1.54, 1.807) is 0 Å². The SMILES string of the molecule is CC/C=C\C/C=C\C/C=C\C/C=C\C/C=C\C/C=C\CCCCCCC(=O)OC(COC(=O)CCCCCCC/C=C\CCCC)COC(=O)CCCCCCCCCCCCCCCCCCCCCCCCCCCCC. The predicted molar refractivity (Wildman–Crippen MR) is 344 cm³/mol. The van der Waals surface area contributed by atoms with E-state index in [0.29, 0.717) is 19.3 Å². The third-order valence-corrected chi connectivity index (χ3v) is 14.9. The molecule has 0 fully saturated rings. The minimum atomic E-state index is -0.794. The fourth-order valence-corrected chi connectivity index (χ4v) is 9.78. The maximum absolute atomic E-state index is 12.9. The Balaban J connectivity index is 4.26. The third kappa shape index (κ3) is 65.3. The molecule has 0 N–H and O–H groups in total. The molecule has 1 atom stereocenters. The molecule has 0 aliphatic carbocycles. The smallest absolute Gasteiger partial charge is 0.306 e. The molecule has 0 aromatic carbocycles. The minimum Gasteiger partial charge on any atom is -0.462 e. The first-order valence-electron chi connectivity index (χ1n) is 34.1. The highest BCUT2D eigenvalue weighted by Crippen LogP contribution is 2.18. The van der Waals surface area contributed by atoms with Gasteiger partial charge in [-0.1, -0.05) is 318 Å². The number of esters is 3. The van der Waals surface area contributed by atoms with Crippen LogP contribution in [0.15, 0.2) is 85.1 Å². The molecule has 0 radical (unpaired) electrons. The number of carbonyl (C=O) groups excluding carboxylic acids is 3. The first kappa shape index (κ1) is 75.6. The molecule has 0 aliphatic rings. The van der Waals surface area contributed by atoms with Crippen molar-refractivity contribution in [2.75, 3.05) is 13.2 Å². The van der Waals surface area contributed by atoms with E-state index < -0.39 is 6.10 Å². The summed E-state index contributed by atoms with van der Waals surface area (Å²) in [6, 6.07) is 0. The summed E-state index contributed by atoms with van der Waals surface area (Å²) >= 11 is 0. The van der Waals surface area contributed by atoms with Gasteiger partial charge >= 0.3 is 17.9 Å². The lowest BCUT2D eigenvalue weighted by Crippen LogP contribution is -2.30. The highest BCUT2D eigenvalue weighted by Gasteiger charge is 2.19. The van der Waals surface area contributed by atoms with Gasteiger partial charge in [0, 0.05) is 19.3 Å². The largest absolute Gasteiger partial charge is 0.462 e. The molecule has 0 bridgehead atoms. The number of carbonyl (C=O) groups is 3. The van der Waals surface area contributed by atoms with Crippen molar-refractivity contribution in [3.05, 3.63) is 85.1 Å². The number of allylic oxidation sites excluding steroid dienone is 14. The Morgan fingerprint density at radius 1 is 0.266 bits per heavy atom. The van der Waals surface area contributed by atoms with Gasteiger partial charge in [0.15, 0.2) is 6.10 Å². The van der Waals surface area contributed by atoms with E-state index >= 15 is 0 Å². The van der Waals surface area contributed by atoms with Crippen molar-refractivity contribution < 1.29 is 28.6 Å². The average Bonchev–Trinajstić information content (AvgIpc) is 3.45. The molecule has 0 spiro atoms. The zero-order valence-corrected chi connectivity index (χ0v) is 52.4. The standard InChI is InChI=1S/C73H128O6/c1-4-7-10-13-16-19-22-24-26-28-30-32-34-35-36-37-39-40-42-44-46-48-51-54-57-60-63-66-72(75)78-69-70(68-77-71(74)65-62-59-56-53-50-21-18-15-12-9-6-3)79-73(76)67-64-61-58-55-52-49-47-45-43-41-38-33-31-29-27-25-23-20-17-14-11-8-5-2/h8,11,15,17-18,20,25,27,31,33,41,43,47,49,70H,4-7,9-10,12-14,16,19,21-24,26,28-30,32,34-40,42,44-46,48,50-69H2,1-3H3/b11-8-,18-15-,20-17-,27-25-,33-31-,43-41-,49-47-. The monoisotopic (exact) mass is 1100 g/mol. The molecule has 6 nitrogen and oxygen atoms in total. The molecule has 0 aromatic rings. The molecule has 0 aliphatic heterocycles. The van der Waals surface area contributed by atoms with Gasteiger partial charge in [0.05, 0.1) is 0 Å². The van der Waals surface area contributed by atoms with E-state index in [1.807, 2.05) is 0 Å². The molecule has 0 rings (SSSR count). The molecule has 0 aromatic heterocycles. The summed E-state index contributed by atoms with van der Waals surface area (Å²) in [6.07, 6.45) is 89.0. The van der Waals surface area contributed by atoms with Gasteiger partial charge in [-0.15, -0.1) is 0 Å². The van der Waals surface area contributed by atoms with Crippen molar-refractivity contribution in [2.24, 2.45) is 0 Å². The first-order valence-corrected chi connectivity index (χ1v) is 34.1. The molecular weight excluding hydrogens is 973 g/mol. The van der Waals surface area contributed by atoms with Crippen molar-refractivity contribution >= 4 is 17.9 Å². The molecule has 1 unspecified atom stereocenters. The van der Waals surface area contributed by atoms with Gasteiger partial charge in [0.2, 0.25) is 0 Å². The molecule has 0 amide bonds. The van der Waals surface area contributed by atoms with Crippen LogP contribution in [-0.4, -0.2) is 37.2 Å². The summed E-state index contributed by atoms with van der Waals surface area (Å²) < 4.78 is 16.9. The summed E-state index contributed by atoms with van der Waals surface area (Å²) in [5.41, 5.74) is 0. The molecule has 79 heavy (non-hydrogen) atoms. The Labute approximate surface area is 490 Å². The van der Waals surface area contributed by atoms with Crippen LogP contribution in [0.3, 0.4) is 0 Å². The van der Waals surface area contributed by atoms with Crippen molar-refractivity contribution in [1.82, 2.24) is 0 Å². The third-order valence-electron chi connectivity index (χ3n) is 14.9. The first-order chi connectivity index (χ1) is 39.0. The van der Waals surface area contributed by atoms with E-state index in [1.165, 1.54) is 186 Å². The highest BCUT2D eigenvalue weighted by atomic mass is 16.6. The van der Waals surface area contributed by atoms with Gasteiger partial charge < -0.3 is 14.2 Å². The zero-order valence-electron chi connectivity index (χ0n) is 52.4. The van der Waals surface area contributed by atoms with Gasteiger partial charge in [-0.25, -0.2) is 0 Å². The maximum Gasteiger partial charge on any atom is 0.306 e. The van der Waals surface area contributed by atoms with Gasteiger partial charge in [-0.2, -0.15) is 0 Å². The van der Waals surface area contributed by atoms with Crippen LogP contribution in [0, 0.1) is 0 Å². The Morgan fingerprint density at radius 2 is 0.506 bits per heavy atom. The highest BCUT2D eigenvalue weighted by molar-refractivity contribution is 5.71. The van der Waals surface area contributed by atoms with Crippen LogP contribution >= 0.6 is 0 Å². The summed E-state index contributed by atoms with van der Waals surface area (Å²) in [7, 11) is 0. The van der Waals surface area contributed by atoms with Gasteiger partial charge in [0.1, 0.15) is 13.2 Å². The van der Waals surface area contributed by atoms with Crippen LogP contribution in [0.4, 0.5) is 0 Å². The number of ether oxygens (including phenoxy) is 3. The van der Waals surface area contributed by atoms with Gasteiger partial charge in [-0.3, -0.25) is 14.4 Å². The molecule has 0 heterocycles. The normalized spacial score (nSPS) is 12.6. The van der Waals surface area contributed by atoms with E-state index in [-0.39, 0.29) is 31.1 Å². The summed E-state index contributed by atoms with van der Waals surface area (Å²) in [4.78, 5) is 38.3. The van der Waals surface area contributed by atoms with E-state index in [0.717, 1.165) is 116 Å². The number of hydrogen-bond donors (Lipinski definition) is 0. The fourth-order valence-electron chi connectivity index (χ4n) is 9.78. The number of hydrogen-bond acceptors (Lipinski definition) is 6. The second kappa shape index (κ2) is 67.1. The van der Waals surface area contributed by atoms with E-state index in [4.69, 9.17) is 14.2 Å². The Hall–Kier alpha value is -3.41. The van der Waals surface area contributed by atoms with Gasteiger partial charge in [0.25, 0.3) is 0 Å². The van der Waals surface area contributed by atoms with Crippen LogP contribution in [0.25, 0.3) is 0 Å². The molecular formula is C73H128O6. The van der Waals surface area contributed by atoms with Crippen LogP contribution in [0.5, 0.6) is 0 Å². The van der Waals surface area contributed by atoms with E-state index in [9.17, 15) is 14.4 Å². The molecule has 6 heteroatoms. The Kier molecular flexibility index (Phi) is 64.2. The fraction of sp³-hybridized carbons (Fsp3) is 0.767. The maximum atomic E-state index is 12.9. The van der Waals surface area contributed by atoms with Crippen LogP contribution in [0.1, 0.15) is 342 Å². The second-order valence-electron chi connectivity index (χ2n) is 22.7. The second-order valence-corrected chi connectivity index (χ2v) is 22.7. The minimum absolute atomic E-state index is 0.0871. The summed E-state index contributed by atoms with van der Waals surface area (Å²) in [5, 5.41) is 0. The molecule has 0 saturated heterocycles. The van der Waals surface area contributed by atoms with Crippen molar-refractivity contribution in [2.45, 2.75) is 348 Å². The van der Waals surface area contributed by atoms with Crippen molar-refractivity contribution in [3.63, 3.8) is 0 Å². The summed E-state index contributed by atoms with van der Waals surface area (Å²) in [5.74, 6) is -0.908. The van der Waals surface area contributed by atoms with Crippen molar-refractivity contribution in [1.29, 1.82) is 0 Å². The van der Waals surface area contributed by atoms with Gasteiger partial charge in [-0.05, 0) is 89.9 Å². The Morgan fingerprint density at radius 3 is 0.823 bits per heavy atom. The van der Waals surface area contributed by atoms with Crippen molar-refractivity contribution in [3.8, 4) is 0 Å². The average molecular weight is 1100 g/mol. The zero-order chi connectivity index (χ0) is 57.1. The number of unbranched alkanes of at least 4 members (excludes halogenated alkanes) is 37. The topological polar surface area (TPSA) is 78.9 Å². The quantitative estimate of drug-likeness (QED) is 0.0261.